The third-order valence-electron chi connectivity index (χ3n) is 2.94. The predicted octanol–water partition coefficient (Wildman–Crippen LogP) is 1.96. The minimum atomic E-state index is 0.447. The Kier molecular flexibility index (Phi) is 2.21. The van der Waals surface area contributed by atoms with Crippen molar-refractivity contribution < 1.29 is 4.79 Å². The molecule has 1 saturated heterocycles. The van der Waals surface area contributed by atoms with E-state index in [1.165, 1.54) is 30.8 Å². The maximum absolute atomic E-state index is 10.4. The monoisotopic (exact) mass is 170 g/mol. The summed E-state index contributed by atoms with van der Waals surface area (Å²) in [5.74, 6) is 4.78. The van der Waals surface area contributed by atoms with Crippen LogP contribution in [-0.2, 0) is 4.79 Å². The van der Waals surface area contributed by atoms with Crippen LogP contribution in [0.3, 0.4) is 0 Å². The van der Waals surface area contributed by atoms with Gasteiger partial charge in [0.2, 0.25) is 0 Å². The van der Waals surface area contributed by atoms with Crippen molar-refractivity contribution in [2.75, 3.05) is 11.5 Å². The highest BCUT2D eigenvalue weighted by molar-refractivity contribution is 7.99. The average Bonchev–Trinajstić information content (AvgIpc) is 2.85. The van der Waals surface area contributed by atoms with Gasteiger partial charge < -0.3 is 4.79 Å². The third kappa shape index (κ3) is 1.61. The topological polar surface area (TPSA) is 17.1 Å². The second-order valence-corrected chi connectivity index (χ2v) is 4.87. The highest BCUT2D eigenvalue weighted by atomic mass is 32.2. The summed E-state index contributed by atoms with van der Waals surface area (Å²) < 4.78 is 0. The standard InChI is InChI=1S/C9H14OS/c10-6-8-5-9(8)7-1-3-11-4-2-7/h6-9H,1-5H2. The quantitative estimate of drug-likeness (QED) is 0.589. The molecule has 0 aromatic heterocycles. The fraction of sp³-hybridized carbons (Fsp3) is 0.889. The Morgan fingerprint density at radius 2 is 2.00 bits per heavy atom. The van der Waals surface area contributed by atoms with E-state index in [0.717, 1.165) is 18.1 Å². The van der Waals surface area contributed by atoms with Crippen LogP contribution < -0.4 is 0 Å². The molecular weight excluding hydrogens is 156 g/mol. The molecule has 1 saturated carbocycles. The van der Waals surface area contributed by atoms with Crippen molar-refractivity contribution in [2.24, 2.45) is 17.8 Å². The second-order valence-electron chi connectivity index (χ2n) is 3.65. The summed E-state index contributed by atoms with van der Waals surface area (Å²) >= 11 is 2.06. The summed E-state index contributed by atoms with van der Waals surface area (Å²) in [4.78, 5) is 10.4. The minimum Gasteiger partial charge on any atom is -0.303 e. The molecule has 2 aliphatic rings. The van der Waals surface area contributed by atoms with E-state index in [4.69, 9.17) is 0 Å². The molecule has 0 aromatic rings. The zero-order chi connectivity index (χ0) is 7.68. The first-order valence-electron chi connectivity index (χ1n) is 4.45. The summed E-state index contributed by atoms with van der Waals surface area (Å²) in [7, 11) is 0. The molecule has 0 bridgehead atoms. The number of rotatable bonds is 2. The minimum absolute atomic E-state index is 0.447. The lowest BCUT2D eigenvalue weighted by atomic mass is 9.96. The first-order valence-corrected chi connectivity index (χ1v) is 5.60. The van der Waals surface area contributed by atoms with E-state index in [1.807, 2.05) is 0 Å². The molecule has 0 aromatic carbocycles. The van der Waals surface area contributed by atoms with E-state index in [-0.39, 0.29) is 0 Å². The van der Waals surface area contributed by atoms with Crippen molar-refractivity contribution in [3.8, 4) is 0 Å². The molecule has 11 heavy (non-hydrogen) atoms. The molecule has 2 atom stereocenters. The first-order chi connectivity index (χ1) is 5.42. The van der Waals surface area contributed by atoms with Crippen LogP contribution >= 0.6 is 11.8 Å². The van der Waals surface area contributed by atoms with Crippen molar-refractivity contribution in [3.05, 3.63) is 0 Å². The summed E-state index contributed by atoms with van der Waals surface area (Å²) in [6.45, 7) is 0. The summed E-state index contributed by atoms with van der Waals surface area (Å²) in [5.41, 5.74) is 0. The smallest absolute Gasteiger partial charge is 0.123 e. The molecule has 62 valence electrons. The number of thioether (sulfide) groups is 1. The highest BCUT2D eigenvalue weighted by Crippen LogP contribution is 2.47. The van der Waals surface area contributed by atoms with E-state index in [9.17, 15) is 4.79 Å². The van der Waals surface area contributed by atoms with E-state index >= 15 is 0 Å². The van der Waals surface area contributed by atoms with Gasteiger partial charge >= 0.3 is 0 Å². The lowest BCUT2D eigenvalue weighted by molar-refractivity contribution is -0.109. The Bertz CT molecular complexity index is 152. The molecule has 1 heterocycles. The molecule has 2 fully saturated rings. The van der Waals surface area contributed by atoms with Crippen LogP contribution in [0.25, 0.3) is 0 Å². The fourth-order valence-electron chi connectivity index (χ4n) is 2.08. The molecule has 2 unspecified atom stereocenters. The van der Waals surface area contributed by atoms with Crippen LogP contribution in [0.15, 0.2) is 0 Å². The van der Waals surface area contributed by atoms with Crippen molar-refractivity contribution >= 4 is 18.0 Å². The van der Waals surface area contributed by atoms with Gasteiger partial charge in [-0.15, -0.1) is 0 Å². The molecule has 2 rings (SSSR count). The lowest BCUT2D eigenvalue weighted by Gasteiger charge is -2.20. The van der Waals surface area contributed by atoms with Crippen molar-refractivity contribution in [3.63, 3.8) is 0 Å². The molecule has 2 heteroatoms. The van der Waals surface area contributed by atoms with Gasteiger partial charge in [0.1, 0.15) is 6.29 Å². The van der Waals surface area contributed by atoms with Crippen molar-refractivity contribution in [2.45, 2.75) is 19.3 Å². The van der Waals surface area contributed by atoms with Gasteiger partial charge in [-0.3, -0.25) is 0 Å². The third-order valence-corrected chi connectivity index (χ3v) is 3.99. The van der Waals surface area contributed by atoms with Gasteiger partial charge in [-0.2, -0.15) is 11.8 Å². The normalized spacial score (nSPS) is 38.5. The van der Waals surface area contributed by atoms with Gasteiger partial charge in [-0.1, -0.05) is 0 Å². The number of hydrogen-bond acceptors (Lipinski definition) is 2. The molecule has 0 amide bonds. The number of aldehydes is 1. The van der Waals surface area contributed by atoms with E-state index in [0.29, 0.717) is 5.92 Å². The molecule has 0 spiro atoms. The summed E-state index contributed by atoms with van der Waals surface area (Å²) in [6.07, 6.45) is 5.07. The van der Waals surface area contributed by atoms with Crippen LogP contribution in [0.2, 0.25) is 0 Å². The van der Waals surface area contributed by atoms with Gasteiger partial charge in [-0.25, -0.2) is 0 Å². The number of carbonyl (C=O) groups excluding carboxylic acids is 1. The number of hydrogen-bond donors (Lipinski definition) is 0. The van der Waals surface area contributed by atoms with Crippen LogP contribution in [-0.4, -0.2) is 17.8 Å². The van der Waals surface area contributed by atoms with Gasteiger partial charge in [0.05, 0.1) is 0 Å². The van der Waals surface area contributed by atoms with E-state index in [1.54, 1.807) is 0 Å². The summed E-state index contributed by atoms with van der Waals surface area (Å²) in [5, 5.41) is 0. The Morgan fingerprint density at radius 3 is 2.55 bits per heavy atom. The largest absolute Gasteiger partial charge is 0.303 e. The SMILES string of the molecule is O=CC1CC1C1CCSCC1. The Balaban J connectivity index is 1.81. The second kappa shape index (κ2) is 3.18. The molecular formula is C9H14OS. The summed E-state index contributed by atoms with van der Waals surface area (Å²) in [6, 6.07) is 0. The molecule has 1 nitrogen and oxygen atoms in total. The Labute approximate surface area is 71.9 Å². The highest BCUT2D eigenvalue weighted by Gasteiger charge is 2.42. The van der Waals surface area contributed by atoms with E-state index < -0.39 is 0 Å². The van der Waals surface area contributed by atoms with Crippen LogP contribution in [0.1, 0.15) is 19.3 Å². The van der Waals surface area contributed by atoms with Crippen LogP contribution in [0.5, 0.6) is 0 Å². The lowest BCUT2D eigenvalue weighted by Crippen LogP contribution is -2.12. The maximum atomic E-state index is 10.4. The van der Waals surface area contributed by atoms with E-state index in [2.05, 4.69) is 11.8 Å². The van der Waals surface area contributed by atoms with Gasteiger partial charge in [0.15, 0.2) is 0 Å². The van der Waals surface area contributed by atoms with Crippen LogP contribution in [0.4, 0.5) is 0 Å². The van der Waals surface area contributed by atoms with Gasteiger partial charge in [0.25, 0.3) is 0 Å². The zero-order valence-corrected chi connectivity index (χ0v) is 7.48. The van der Waals surface area contributed by atoms with Crippen LogP contribution in [0, 0.1) is 17.8 Å². The molecule has 0 radical (unpaired) electrons. The predicted molar refractivity (Wildman–Crippen MR) is 47.7 cm³/mol. The first kappa shape index (κ1) is 7.66. The average molecular weight is 170 g/mol. The molecule has 1 aliphatic heterocycles. The Morgan fingerprint density at radius 1 is 1.27 bits per heavy atom. The van der Waals surface area contributed by atoms with Gasteiger partial charge in [-0.05, 0) is 42.6 Å². The maximum Gasteiger partial charge on any atom is 0.123 e. The van der Waals surface area contributed by atoms with Gasteiger partial charge in [0, 0.05) is 5.92 Å². The van der Waals surface area contributed by atoms with Crippen molar-refractivity contribution in [1.29, 1.82) is 0 Å². The van der Waals surface area contributed by atoms with Crippen molar-refractivity contribution in [1.82, 2.24) is 0 Å². The Hall–Kier alpha value is 0.0200. The zero-order valence-electron chi connectivity index (χ0n) is 6.66. The molecule has 0 N–H and O–H groups in total. The number of carbonyl (C=O) groups is 1. The fourth-order valence-corrected chi connectivity index (χ4v) is 3.22. The molecule has 1 aliphatic carbocycles.